The first-order valence-corrected chi connectivity index (χ1v) is 9.30. The molecule has 4 nitrogen and oxygen atoms in total. The number of aryl methyl sites for hydroxylation is 1. The number of nitrogens with one attached hydrogen (secondary N) is 1. The van der Waals surface area contributed by atoms with Gasteiger partial charge in [-0.05, 0) is 61.9 Å². The van der Waals surface area contributed by atoms with Gasteiger partial charge in [-0.1, -0.05) is 12.8 Å². The molecule has 0 bridgehead atoms. The van der Waals surface area contributed by atoms with E-state index in [9.17, 15) is 18.0 Å². The Morgan fingerprint density at radius 2 is 1.96 bits per heavy atom. The number of anilines is 1. The fourth-order valence-corrected chi connectivity index (χ4v) is 3.14. The predicted molar refractivity (Wildman–Crippen MR) is 107 cm³/mol. The summed E-state index contributed by atoms with van der Waals surface area (Å²) >= 11 is 2.06. The summed E-state index contributed by atoms with van der Waals surface area (Å²) in [6.45, 7) is 8.02. The Morgan fingerprint density at radius 1 is 1.33 bits per heavy atom. The quantitative estimate of drug-likeness (QED) is 0.480. The van der Waals surface area contributed by atoms with Crippen LogP contribution in [0.3, 0.4) is 0 Å². The number of nitrogens with zero attached hydrogens (tertiary/aromatic N) is 2. The van der Waals surface area contributed by atoms with E-state index in [-0.39, 0.29) is 34.8 Å². The molecule has 0 aliphatic carbocycles. The predicted octanol–water partition coefficient (Wildman–Crippen LogP) is 5.14. The zero-order chi connectivity index (χ0) is 20.5. The lowest BCUT2D eigenvalue weighted by molar-refractivity contribution is -0.138. The molecule has 0 fully saturated rings. The molecule has 0 unspecified atom stereocenters. The first-order valence-electron chi connectivity index (χ1n) is 8.22. The number of carbonyl (C=O) groups excluding carboxylic acids is 1. The van der Waals surface area contributed by atoms with Crippen molar-refractivity contribution in [3.63, 3.8) is 0 Å². The fourth-order valence-electron chi connectivity index (χ4n) is 2.81. The number of amides is 1. The second-order valence-electron chi connectivity index (χ2n) is 5.99. The van der Waals surface area contributed by atoms with Crippen LogP contribution in [-0.4, -0.2) is 15.7 Å². The van der Waals surface area contributed by atoms with Crippen LogP contribution in [0.25, 0.3) is 5.69 Å². The molecular formula is C19H19F3IN3O. The number of hydrogen-bond donors (Lipinski definition) is 1. The molecule has 0 atom stereocenters. The Hall–Kier alpha value is -2.02. The third kappa shape index (κ3) is 4.13. The highest BCUT2D eigenvalue weighted by Gasteiger charge is 2.38. The molecule has 0 radical (unpaired) electrons. The van der Waals surface area contributed by atoms with Crippen molar-refractivity contribution < 1.29 is 18.0 Å². The zero-order valence-electron chi connectivity index (χ0n) is 15.6. The van der Waals surface area contributed by atoms with Crippen LogP contribution in [0.5, 0.6) is 0 Å². The van der Waals surface area contributed by atoms with Gasteiger partial charge in [0.25, 0.3) is 0 Å². The van der Waals surface area contributed by atoms with Gasteiger partial charge in [-0.25, -0.2) is 4.68 Å². The van der Waals surface area contributed by atoms with Gasteiger partial charge in [0.2, 0.25) is 5.91 Å². The minimum atomic E-state index is -4.60. The van der Waals surface area contributed by atoms with Crippen molar-refractivity contribution in [2.75, 3.05) is 5.32 Å². The maximum Gasteiger partial charge on any atom is 0.418 e. The Morgan fingerprint density at radius 3 is 2.41 bits per heavy atom. The molecule has 2 rings (SSSR count). The molecule has 1 heterocycles. The number of carbonyl (C=O) groups is 1. The van der Waals surface area contributed by atoms with Crippen LogP contribution < -0.4 is 5.32 Å². The van der Waals surface area contributed by atoms with Crippen LogP contribution in [0, 0.1) is 36.2 Å². The van der Waals surface area contributed by atoms with Gasteiger partial charge in [0.1, 0.15) is 0 Å². The van der Waals surface area contributed by atoms with E-state index in [0.717, 1.165) is 3.57 Å². The van der Waals surface area contributed by atoms with Crippen molar-refractivity contribution in [2.24, 2.45) is 0 Å². The molecule has 0 saturated carbocycles. The Labute approximate surface area is 169 Å². The van der Waals surface area contributed by atoms with Crippen LogP contribution in [0.1, 0.15) is 48.3 Å². The van der Waals surface area contributed by atoms with Crippen molar-refractivity contribution >= 4 is 34.2 Å². The van der Waals surface area contributed by atoms with Crippen LogP contribution in [-0.2, 0) is 11.0 Å². The van der Waals surface area contributed by atoms with Crippen LogP contribution >= 0.6 is 22.6 Å². The number of aromatic nitrogens is 2. The third-order valence-corrected chi connectivity index (χ3v) is 5.68. The molecule has 8 heteroatoms. The van der Waals surface area contributed by atoms with E-state index < -0.39 is 11.7 Å². The normalized spacial score (nSPS) is 11.1. The maximum absolute atomic E-state index is 13.9. The first-order chi connectivity index (χ1) is 12.5. The topological polar surface area (TPSA) is 46.9 Å². The lowest BCUT2D eigenvalue weighted by Gasteiger charge is -2.21. The van der Waals surface area contributed by atoms with E-state index >= 15 is 0 Å². The molecule has 0 saturated heterocycles. The zero-order valence-corrected chi connectivity index (χ0v) is 17.8. The van der Waals surface area contributed by atoms with Crippen LogP contribution in [0.4, 0.5) is 18.9 Å². The SMILES string of the molecule is CC#Cc1c(NC(=O)CC)cc(-n2nc(C)c(I)c2C)c(C(F)(F)F)c1C. The molecule has 2 aromatic rings. The standard InChI is InChI=1S/C19H19F3IN3O/c1-6-8-13-10(3)17(19(20,21)22)15(9-14(13)24-16(27)7-2)26-12(5)18(23)11(4)25-26/h9H,7H2,1-5H3,(H,24,27). The van der Waals surface area contributed by atoms with Gasteiger partial charge in [-0.15, -0.1) is 5.92 Å². The molecular weight excluding hydrogens is 470 g/mol. The Kier molecular flexibility index (Phi) is 6.24. The molecule has 0 spiro atoms. The summed E-state index contributed by atoms with van der Waals surface area (Å²) in [5.74, 6) is 5.02. The van der Waals surface area contributed by atoms with Gasteiger partial charge < -0.3 is 5.32 Å². The lowest BCUT2D eigenvalue weighted by atomic mass is 9.97. The second kappa shape index (κ2) is 7.92. The van der Waals surface area contributed by atoms with Crippen molar-refractivity contribution in [2.45, 2.75) is 47.2 Å². The summed E-state index contributed by atoms with van der Waals surface area (Å²) in [5.41, 5.74) is 0.665. The average molecular weight is 489 g/mol. The van der Waals surface area contributed by atoms with E-state index in [2.05, 4.69) is 44.8 Å². The van der Waals surface area contributed by atoms with Crippen LogP contribution in [0.15, 0.2) is 6.07 Å². The van der Waals surface area contributed by atoms with Crippen LogP contribution in [0.2, 0.25) is 0 Å². The van der Waals surface area contributed by atoms with Crippen molar-refractivity contribution in [3.8, 4) is 17.5 Å². The minimum absolute atomic E-state index is 0.0386. The molecule has 1 amide bonds. The van der Waals surface area contributed by atoms with E-state index in [4.69, 9.17) is 0 Å². The molecule has 0 aliphatic heterocycles. The van der Waals surface area contributed by atoms with Crippen molar-refractivity contribution in [1.82, 2.24) is 9.78 Å². The molecule has 1 aromatic carbocycles. The van der Waals surface area contributed by atoms with Crippen molar-refractivity contribution in [1.29, 1.82) is 0 Å². The molecule has 1 aromatic heterocycles. The number of hydrogen-bond acceptors (Lipinski definition) is 2. The van der Waals surface area contributed by atoms with Gasteiger partial charge in [0.15, 0.2) is 0 Å². The maximum atomic E-state index is 13.9. The number of rotatable bonds is 3. The summed E-state index contributed by atoms with van der Waals surface area (Å²) in [6, 6.07) is 1.30. The molecule has 144 valence electrons. The molecule has 27 heavy (non-hydrogen) atoms. The monoisotopic (exact) mass is 489 g/mol. The third-order valence-electron chi connectivity index (χ3n) is 4.12. The summed E-state index contributed by atoms with van der Waals surface area (Å²) in [4.78, 5) is 11.9. The van der Waals surface area contributed by atoms with Crippen molar-refractivity contribution in [3.05, 3.63) is 37.7 Å². The highest BCUT2D eigenvalue weighted by molar-refractivity contribution is 14.1. The van der Waals surface area contributed by atoms with Gasteiger partial charge in [-0.3, -0.25) is 4.79 Å². The van der Waals surface area contributed by atoms with E-state index in [1.807, 2.05) is 0 Å². The molecule has 1 N–H and O–H groups in total. The van der Waals surface area contributed by atoms with Gasteiger partial charge in [0.05, 0.1) is 37.5 Å². The van der Waals surface area contributed by atoms with E-state index in [1.54, 1.807) is 20.8 Å². The summed E-state index contributed by atoms with van der Waals surface area (Å²) in [5, 5.41) is 6.94. The molecule has 0 aliphatic rings. The smallest absolute Gasteiger partial charge is 0.325 e. The average Bonchev–Trinajstić information content (AvgIpc) is 2.83. The summed E-state index contributed by atoms with van der Waals surface area (Å²) < 4.78 is 43.9. The number of alkyl halides is 3. The second-order valence-corrected chi connectivity index (χ2v) is 7.07. The van der Waals surface area contributed by atoms with Gasteiger partial charge >= 0.3 is 6.18 Å². The summed E-state index contributed by atoms with van der Waals surface area (Å²) in [7, 11) is 0. The summed E-state index contributed by atoms with van der Waals surface area (Å²) in [6.07, 6.45) is -4.40. The van der Waals surface area contributed by atoms with Gasteiger partial charge in [0, 0.05) is 6.42 Å². The Balaban J connectivity index is 2.93. The number of halogens is 4. The number of benzene rings is 1. The Bertz CT molecular complexity index is 966. The van der Waals surface area contributed by atoms with E-state index in [0.29, 0.717) is 11.4 Å². The highest BCUT2D eigenvalue weighted by atomic mass is 127. The first kappa shape index (κ1) is 21.3. The fraction of sp³-hybridized carbons (Fsp3) is 0.368. The minimum Gasteiger partial charge on any atom is -0.325 e. The van der Waals surface area contributed by atoms with E-state index in [1.165, 1.54) is 24.6 Å². The highest BCUT2D eigenvalue weighted by Crippen LogP contribution is 2.40. The van der Waals surface area contributed by atoms with Gasteiger partial charge in [-0.2, -0.15) is 18.3 Å². The largest absolute Gasteiger partial charge is 0.418 e. The lowest BCUT2D eigenvalue weighted by Crippen LogP contribution is -2.18.